The van der Waals surface area contributed by atoms with Crippen molar-refractivity contribution in [3.05, 3.63) is 0 Å². The van der Waals surface area contributed by atoms with Gasteiger partial charge in [-0.1, -0.05) is 71.6 Å². The van der Waals surface area contributed by atoms with Crippen molar-refractivity contribution < 1.29 is 12.5 Å². The van der Waals surface area contributed by atoms with Crippen molar-refractivity contribution in [1.29, 1.82) is 0 Å². The van der Waals surface area contributed by atoms with Crippen LogP contribution in [0.4, 0.5) is 0 Å². The van der Waals surface area contributed by atoms with Crippen molar-refractivity contribution in [1.82, 2.24) is 0 Å². The number of rotatable bonds is 18. The van der Waals surface area contributed by atoms with Gasteiger partial charge < -0.3 is 0 Å². The molecule has 0 aromatic heterocycles. The first-order valence-corrected chi connectivity index (χ1v) is 12.0. The molecule has 0 spiro atoms. The Bertz CT molecular complexity index is 244. The maximum Gasteiger partial charge on any atom is 0.0890 e. The van der Waals surface area contributed by atoms with E-state index in [9.17, 15) is 0 Å². The lowest BCUT2D eigenvalue weighted by atomic mass is 9.99. The van der Waals surface area contributed by atoms with E-state index in [4.69, 9.17) is 12.5 Å². The molecule has 0 radical (unpaired) electrons. The number of unbranched alkanes of at least 4 members (excludes halogenated alkanes) is 7. The van der Waals surface area contributed by atoms with Gasteiger partial charge in [-0.05, 0) is 33.1 Å². The Balaban J connectivity index is 4.15. The van der Waals surface area contributed by atoms with Crippen molar-refractivity contribution >= 4 is 10.9 Å². The van der Waals surface area contributed by atoms with Crippen molar-refractivity contribution in [2.75, 3.05) is 25.6 Å². The molecule has 0 aromatic carbocycles. The Morgan fingerprint density at radius 1 is 0.625 bits per heavy atom. The van der Waals surface area contributed by atoms with Crippen LogP contribution in [0.25, 0.3) is 0 Å². The molecule has 0 heterocycles. The second-order valence-electron chi connectivity index (χ2n) is 6.48. The monoisotopic (exact) mass is 364 g/mol. The lowest BCUT2D eigenvalue weighted by Crippen LogP contribution is -2.21. The summed E-state index contributed by atoms with van der Waals surface area (Å²) in [5.74, 6) is 1.57. The van der Waals surface area contributed by atoms with Gasteiger partial charge in [0.2, 0.25) is 0 Å². The van der Waals surface area contributed by atoms with Gasteiger partial charge in [0.25, 0.3) is 0 Å². The Morgan fingerprint density at radius 3 is 1.50 bits per heavy atom. The van der Waals surface area contributed by atoms with E-state index in [0.29, 0.717) is 25.7 Å². The molecule has 0 fully saturated rings. The van der Waals surface area contributed by atoms with Gasteiger partial charge in [-0.25, -0.2) is 0 Å². The van der Waals surface area contributed by atoms with Crippen LogP contribution >= 0.6 is 10.9 Å². The standard InChI is InChI=1S/C20H44O3S/c1-6-11-12-13-14-15-16-17-18-20(7-2)19-24(21-8-3,22-9-4)23-10-5/h20H,6-19H2,1-5H3. The highest BCUT2D eigenvalue weighted by Crippen LogP contribution is 2.53. The van der Waals surface area contributed by atoms with Crippen LogP contribution in [-0.4, -0.2) is 25.6 Å². The van der Waals surface area contributed by atoms with Crippen molar-refractivity contribution in [2.24, 2.45) is 5.92 Å². The summed E-state index contributed by atoms with van der Waals surface area (Å²) >= 11 is 0. The normalized spacial score (nSPS) is 14.0. The first-order chi connectivity index (χ1) is 11.7. The molecule has 0 aliphatic carbocycles. The maximum atomic E-state index is 5.96. The van der Waals surface area contributed by atoms with Crippen molar-refractivity contribution in [2.45, 2.75) is 98.8 Å². The first-order valence-electron chi connectivity index (χ1n) is 10.4. The van der Waals surface area contributed by atoms with E-state index >= 15 is 0 Å². The minimum absolute atomic E-state index is 0.643. The quantitative estimate of drug-likeness (QED) is 0.241. The highest BCUT2D eigenvalue weighted by Gasteiger charge is 2.29. The van der Waals surface area contributed by atoms with Crippen LogP contribution in [0.3, 0.4) is 0 Å². The van der Waals surface area contributed by atoms with E-state index in [0.717, 1.165) is 5.75 Å². The highest BCUT2D eigenvalue weighted by atomic mass is 32.3. The highest BCUT2D eigenvalue weighted by molar-refractivity contribution is 8.21. The van der Waals surface area contributed by atoms with Crippen molar-refractivity contribution in [3.63, 3.8) is 0 Å². The fraction of sp³-hybridized carbons (Fsp3) is 1.00. The van der Waals surface area contributed by atoms with Gasteiger partial charge >= 0.3 is 0 Å². The predicted octanol–water partition coefficient (Wildman–Crippen LogP) is 7.20. The van der Waals surface area contributed by atoms with Gasteiger partial charge in [0.1, 0.15) is 0 Å². The van der Waals surface area contributed by atoms with Crippen LogP contribution < -0.4 is 0 Å². The summed E-state index contributed by atoms with van der Waals surface area (Å²) in [7, 11) is -1.82. The average Bonchev–Trinajstić information content (AvgIpc) is 2.57. The molecule has 1 unspecified atom stereocenters. The summed E-state index contributed by atoms with van der Waals surface area (Å²) in [5.41, 5.74) is 0. The molecule has 0 amide bonds. The summed E-state index contributed by atoms with van der Waals surface area (Å²) in [6, 6.07) is 0. The summed E-state index contributed by atoms with van der Waals surface area (Å²) in [5, 5.41) is 0. The van der Waals surface area contributed by atoms with Crippen molar-refractivity contribution in [3.8, 4) is 0 Å². The third-order valence-corrected chi connectivity index (χ3v) is 7.04. The summed E-state index contributed by atoms with van der Waals surface area (Å²) < 4.78 is 17.9. The molecule has 148 valence electrons. The molecule has 0 saturated carbocycles. The van der Waals surface area contributed by atoms with Gasteiger partial charge in [-0.2, -0.15) is 0 Å². The molecule has 0 aromatic rings. The Hall–Kier alpha value is 0.230. The third-order valence-electron chi connectivity index (χ3n) is 4.38. The van der Waals surface area contributed by atoms with Crippen LogP contribution in [0.5, 0.6) is 0 Å². The fourth-order valence-corrected chi connectivity index (χ4v) is 5.60. The van der Waals surface area contributed by atoms with Crippen LogP contribution in [0.15, 0.2) is 0 Å². The number of hydrogen-bond donors (Lipinski definition) is 0. The smallest absolute Gasteiger partial charge is 0.0890 e. The topological polar surface area (TPSA) is 27.7 Å². The van der Waals surface area contributed by atoms with Gasteiger partial charge in [0.05, 0.1) is 30.7 Å². The lowest BCUT2D eigenvalue weighted by molar-refractivity contribution is 0.181. The molecule has 1 atom stereocenters. The van der Waals surface area contributed by atoms with E-state index in [1.165, 1.54) is 64.2 Å². The second-order valence-corrected chi connectivity index (χ2v) is 8.64. The molecule has 0 bridgehead atoms. The van der Waals surface area contributed by atoms with E-state index in [-0.39, 0.29) is 0 Å². The van der Waals surface area contributed by atoms with Gasteiger partial charge in [-0.3, -0.25) is 12.5 Å². The second kappa shape index (κ2) is 16.7. The maximum absolute atomic E-state index is 5.96. The largest absolute Gasteiger partial charge is 0.293 e. The summed E-state index contributed by atoms with van der Waals surface area (Å²) in [4.78, 5) is 0. The predicted molar refractivity (Wildman–Crippen MR) is 108 cm³/mol. The zero-order valence-corrected chi connectivity index (χ0v) is 17.9. The van der Waals surface area contributed by atoms with Crippen LogP contribution in [0.1, 0.15) is 98.8 Å². The molecule has 4 heteroatoms. The summed E-state index contributed by atoms with van der Waals surface area (Å²) in [6.45, 7) is 12.6. The number of hydrogen-bond acceptors (Lipinski definition) is 3. The zero-order valence-electron chi connectivity index (χ0n) is 17.1. The van der Waals surface area contributed by atoms with E-state index < -0.39 is 10.9 Å². The molecule has 24 heavy (non-hydrogen) atoms. The molecule has 3 nitrogen and oxygen atoms in total. The van der Waals surface area contributed by atoms with E-state index in [2.05, 4.69) is 13.8 Å². The van der Waals surface area contributed by atoms with Gasteiger partial charge in [0.15, 0.2) is 0 Å². The molecule has 0 aliphatic heterocycles. The van der Waals surface area contributed by atoms with Crippen LogP contribution in [-0.2, 0) is 12.5 Å². The minimum Gasteiger partial charge on any atom is -0.293 e. The average molecular weight is 365 g/mol. The van der Waals surface area contributed by atoms with Crippen LogP contribution in [0.2, 0.25) is 0 Å². The van der Waals surface area contributed by atoms with Gasteiger partial charge in [0, 0.05) is 5.75 Å². The molecule has 0 N–H and O–H groups in total. The Morgan fingerprint density at radius 2 is 1.08 bits per heavy atom. The fourth-order valence-electron chi connectivity index (χ4n) is 3.05. The van der Waals surface area contributed by atoms with Gasteiger partial charge in [-0.15, -0.1) is 0 Å². The SMILES string of the molecule is CCCCCCCCCCC(CC)CS(OCC)(OCC)OCC. The molecular formula is C20H44O3S. The van der Waals surface area contributed by atoms with Crippen LogP contribution in [0, 0.1) is 5.92 Å². The molecule has 0 aliphatic rings. The van der Waals surface area contributed by atoms with E-state index in [1.54, 1.807) is 0 Å². The zero-order chi connectivity index (χ0) is 18.1. The Labute approximate surface area is 154 Å². The Kier molecular flexibility index (Phi) is 16.8. The minimum atomic E-state index is -1.82. The molecule has 0 rings (SSSR count). The molecule has 0 saturated heterocycles. The molecular weight excluding hydrogens is 320 g/mol. The first kappa shape index (κ1) is 24.2. The lowest BCUT2D eigenvalue weighted by Gasteiger charge is -2.39. The third kappa shape index (κ3) is 11.7. The summed E-state index contributed by atoms with van der Waals surface area (Å²) in [6.07, 6.45) is 13.5. The van der Waals surface area contributed by atoms with E-state index in [1.807, 2.05) is 20.8 Å².